The van der Waals surface area contributed by atoms with Crippen LogP contribution >= 0.6 is 0 Å². The molecular formula is C8H12N4. The molecule has 0 aliphatic carbocycles. The van der Waals surface area contributed by atoms with Crippen LogP contribution in [0.4, 0.5) is 0 Å². The molecule has 0 amide bonds. The molecule has 0 atom stereocenters. The highest BCUT2D eigenvalue weighted by atomic mass is 15.4. The highest BCUT2D eigenvalue weighted by molar-refractivity contribution is 5.35. The molecule has 4 nitrogen and oxygen atoms in total. The minimum absolute atomic E-state index is 0.792. The van der Waals surface area contributed by atoms with Crippen molar-refractivity contribution in [1.29, 1.82) is 0 Å². The van der Waals surface area contributed by atoms with Gasteiger partial charge in [0.25, 0.3) is 0 Å². The van der Waals surface area contributed by atoms with E-state index in [2.05, 4.69) is 15.2 Å². The maximum atomic E-state index is 4.06. The van der Waals surface area contributed by atoms with Crippen LogP contribution in [0.3, 0.4) is 0 Å². The van der Waals surface area contributed by atoms with E-state index in [9.17, 15) is 0 Å². The summed E-state index contributed by atoms with van der Waals surface area (Å²) in [6, 6.07) is 1.88. The van der Waals surface area contributed by atoms with Gasteiger partial charge in [0.1, 0.15) is 0 Å². The zero-order valence-electron chi connectivity index (χ0n) is 7.52. The number of hydrogen-bond acceptors (Lipinski definition) is 3. The smallest absolute Gasteiger partial charge is 0.176 e. The van der Waals surface area contributed by atoms with Crippen LogP contribution in [0.15, 0.2) is 18.5 Å². The molecule has 2 heterocycles. The summed E-state index contributed by atoms with van der Waals surface area (Å²) >= 11 is 0. The average molecular weight is 164 g/mol. The molecule has 4 heteroatoms. The van der Waals surface area contributed by atoms with Crippen LogP contribution in [0, 0.1) is 6.92 Å². The number of hydrogen-bond donors (Lipinski definition) is 0. The van der Waals surface area contributed by atoms with Crippen LogP contribution in [-0.2, 0) is 0 Å². The first-order valence-electron chi connectivity index (χ1n) is 4.00. The summed E-state index contributed by atoms with van der Waals surface area (Å²) in [6.07, 6.45) is 3.26. The Kier molecular flexibility index (Phi) is 2.74. The standard InChI is InChI=1S/C6H6N4.C2H6/c1-5-4-6-7-2-3-8-10(6)9-5;1-2/h2-4H,1H3;1-2H3. The van der Waals surface area contributed by atoms with E-state index >= 15 is 0 Å². The Balaban J connectivity index is 0.000000336. The van der Waals surface area contributed by atoms with Gasteiger partial charge in [-0.1, -0.05) is 13.8 Å². The van der Waals surface area contributed by atoms with E-state index in [1.54, 1.807) is 12.4 Å². The Morgan fingerprint density at radius 3 is 2.67 bits per heavy atom. The molecule has 0 aliphatic rings. The maximum absolute atomic E-state index is 4.06. The molecule has 0 spiro atoms. The third-order valence-corrected chi connectivity index (χ3v) is 1.24. The largest absolute Gasteiger partial charge is 0.234 e. The minimum atomic E-state index is 0.792. The number of nitrogens with zero attached hydrogens (tertiary/aromatic N) is 4. The Labute approximate surface area is 71.2 Å². The van der Waals surface area contributed by atoms with Gasteiger partial charge in [-0.2, -0.15) is 10.2 Å². The van der Waals surface area contributed by atoms with Crippen LogP contribution in [0.25, 0.3) is 5.65 Å². The fourth-order valence-electron chi connectivity index (χ4n) is 0.851. The van der Waals surface area contributed by atoms with Crippen molar-refractivity contribution < 1.29 is 0 Å². The van der Waals surface area contributed by atoms with Gasteiger partial charge in [0.05, 0.1) is 11.9 Å². The lowest BCUT2D eigenvalue weighted by atomic mass is 10.5. The van der Waals surface area contributed by atoms with Crippen molar-refractivity contribution >= 4 is 5.65 Å². The molecular weight excluding hydrogens is 152 g/mol. The van der Waals surface area contributed by atoms with Gasteiger partial charge in [-0.3, -0.25) is 0 Å². The summed E-state index contributed by atoms with van der Waals surface area (Å²) in [5.74, 6) is 0. The lowest BCUT2D eigenvalue weighted by molar-refractivity contribution is 0.772. The van der Waals surface area contributed by atoms with Crippen molar-refractivity contribution in [3.63, 3.8) is 0 Å². The molecule has 0 bridgehead atoms. The van der Waals surface area contributed by atoms with Gasteiger partial charge in [-0.15, -0.1) is 4.63 Å². The molecule has 0 aliphatic heterocycles. The molecule has 0 fully saturated rings. The van der Waals surface area contributed by atoms with E-state index in [1.807, 2.05) is 26.8 Å². The highest BCUT2D eigenvalue weighted by Crippen LogP contribution is 1.97. The molecule has 0 radical (unpaired) electrons. The van der Waals surface area contributed by atoms with E-state index < -0.39 is 0 Å². The Morgan fingerprint density at radius 1 is 1.25 bits per heavy atom. The first-order valence-corrected chi connectivity index (χ1v) is 4.00. The number of rotatable bonds is 0. The van der Waals surface area contributed by atoms with Crippen molar-refractivity contribution in [2.45, 2.75) is 20.8 Å². The van der Waals surface area contributed by atoms with Gasteiger partial charge >= 0.3 is 0 Å². The first kappa shape index (κ1) is 8.64. The zero-order valence-corrected chi connectivity index (χ0v) is 7.52. The van der Waals surface area contributed by atoms with Gasteiger partial charge in [0.15, 0.2) is 5.65 Å². The van der Waals surface area contributed by atoms with Crippen LogP contribution in [0.1, 0.15) is 19.5 Å². The zero-order chi connectivity index (χ0) is 8.97. The van der Waals surface area contributed by atoms with Crippen molar-refractivity contribution in [2.24, 2.45) is 0 Å². The molecule has 0 N–H and O–H groups in total. The van der Waals surface area contributed by atoms with Crippen LogP contribution in [0.2, 0.25) is 0 Å². The minimum Gasteiger partial charge on any atom is -0.234 e. The lowest BCUT2D eigenvalue weighted by Crippen LogP contribution is -1.93. The van der Waals surface area contributed by atoms with Crippen LogP contribution in [-0.4, -0.2) is 19.8 Å². The summed E-state index contributed by atoms with van der Waals surface area (Å²) in [7, 11) is 0. The summed E-state index contributed by atoms with van der Waals surface area (Å²) < 4.78 is 1.51. The number of fused-ring (bicyclic) bond motifs is 1. The van der Waals surface area contributed by atoms with E-state index in [-0.39, 0.29) is 0 Å². The van der Waals surface area contributed by atoms with Crippen molar-refractivity contribution in [3.8, 4) is 0 Å². The first-order chi connectivity index (χ1) is 5.86. The third-order valence-electron chi connectivity index (χ3n) is 1.24. The molecule has 0 aromatic carbocycles. The molecule has 64 valence electrons. The average Bonchev–Trinajstić information content (AvgIpc) is 2.48. The molecule has 12 heavy (non-hydrogen) atoms. The van der Waals surface area contributed by atoms with Gasteiger partial charge in [0, 0.05) is 12.3 Å². The van der Waals surface area contributed by atoms with Crippen molar-refractivity contribution in [1.82, 2.24) is 19.8 Å². The molecule has 0 saturated carbocycles. The molecule has 2 aromatic rings. The Hall–Kier alpha value is -1.45. The summed E-state index contributed by atoms with van der Waals surface area (Å²) in [5.41, 5.74) is 1.73. The second kappa shape index (κ2) is 3.80. The molecule has 2 rings (SSSR count). The Morgan fingerprint density at radius 2 is 2.00 bits per heavy atom. The van der Waals surface area contributed by atoms with Gasteiger partial charge < -0.3 is 0 Å². The normalized spacial score (nSPS) is 9.25. The van der Waals surface area contributed by atoms with Crippen molar-refractivity contribution in [3.05, 3.63) is 24.2 Å². The lowest BCUT2D eigenvalue weighted by Gasteiger charge is -1.84. The van der Waals surface area contributed by atoms with E-state index in [0.29, 0.717) is 0 Å². The Bertz CT molecular complexity index is 320. The van der Waals surface area contributed by atoms with E-state index in [4.69, 9.17) is 0 Å². The quantitative estimate of drug-likeness (QED) is 0.592. The van der Waals surface area contributed by atoms with Crippen molar-refractivity contribution in [2.75, 3.05) is 0 Å². The van der Waals surface area contributed by atoms with Gasteiger partial charge in [-0.05, 0) is 6.92 Å². The SMILES string of the molecule is CC.Cc1cc2nccnn2n1. The van der Waals surface area contributed by atoms with E-state index in [1.165, 1.54) is 4.63 Å². The summed E-state index contributed by atoms with van der Waals surface area (Å²) in [5, 5.41) is 8.00. The fourth-order valence-corrected chi connectivity index (χ4v) is 0.851. The predicted molar refractivity (Wildman–Crippen MR) is 46.9 cm³/mol. The molecule has 2 aromatic heterocycles. The second-order valence-electron chi connectivity index (χ2n) is 2.08. The fraction of sp³-hybridized carbons (Fsp3) is 0.375. The predicted octanol–water partition coefficient (Wildman–Crippen LogP) is 1.46. The topological polar surface area (TPSA) is 43.1 Å². The maximum Gasteiger partial charge on any atom is 0.176 e. The van der Waals surface area contributed by atoms with E-state index in [0.717, 1.165) is 11.3 Å². The number of aromatic nitrogens is 4. The van der Waals surface area contributed by atoms with Crippen LogP contribution in [0.5, 0.6) is 0 Å². The number of aryl methyl sites for hydroxylation is 1. The monoisotopic (exact) mass is 164 g/mol. The summed E-state index contributed by atoms with van der Waals surface area (Å²) in [4.78, 5) is 4.04. The second-order valence-corrected chi connectivity index (χ2v) is 2.08. The molecule has 0 unspecified atom stereocenters. The highest BCUT2D eigenvalue weighted by Gasteiger charge is 1.95. The van der Waals surface area contributed by atoms with Gasteiger partial charge in [0.2, 0.25) is 0 Å². The van der Waals surface area contributed by atoms with Gasteiger partial charge in [-0.25, -0.2) is 4.98 Å². The van der Waals surface area contributed by atoms with Crippen LogP contribution < -0.4 is 0 Å². The third kappa shape index (κ3) is 1.58. The molecule has 0 saturated heterocycles. The summed E-state index contributed by atoms with van der Waals surface area (Å²) in [6.45, 7) is 5.91.